The molecule has 7 heteroatoms. The van der Waals surface area contributed by atoms with Crippen molar-refractivity contribution in [2.45, 2.75) is 20.3 Å². The van der Waals surface area contributed by atoms with E-state index in [2.05, 4.69) is 5.10 Å². The lowest BCUT2D eigenvalue weighted by Crippen LogP contribution is -2.40. The lowest BCUT2D eigenvalue weighted by atomic mass is 9.98. The highest BCUT2D eigenvalue weighted by Gasteiger charge is 2.32. The van der Waals surface area contributed by atoms with E-state index >= 15 is 0 Å². The molecule has 1 aromatic rings. The number of anilines is 1. The first-order valence-electron chi connectivity index (χ1n) is 5.87. The molecule has 0 saturated carbocycles. The molecule has 0 radical (unpaired) electrons. The quantitative estimate of drug-likeness (QED) is 0.580. The Morgan fingerprint density at radius 1 is 1.50 bits per heavy atom. The van der Waals surface area contributed by atoms with Gasteiger partial charge in [0.15, 0.2) is 0 Å². The summed E-state index contributed by atoms with van der Waals surface area (Å²) in [5, 5.41) is 15.2. The maximum absolute atomic E-state index is 11.5. The average Bonchev–Trinajstić information content (AvgIpc) is 2.57. The van der Waals surface area contributed by atoms with Crippen molar-refractivity contribution in [1.82, 2.24) is 9.78 Å². The van der Waals surface area contributed by atoms with Crippen LogP contribution in [0.2, 0.25) is 0 Å². The molecule has 1 fully saturated rings. The van der Waals surface area contributed by atoms with Gasteiger partial charge in [0.05, 0.1) is 4.92 Å². The molecular weight excluding hydrogens is 236 g/mol. The number of carbonyl (C=O) groups excluding carboxylic acids is 1. The smallest absolute Gasteiger partial charge is 0.333 e. The Morgan fingerprint density at radius 3 is 2.72 bits per heavy atom. The summed E-state index contributed by atoms with van der Waals surface area (Å²) in [7, 11) is 1.69. The van der Waals surface area contributed by atoms with Crippen molar-refractivity contribution in [1.29, 1.82) is 0 Å². The van der Waals surface area contributed by atoms with Crippen molar-refractivity contribution in [3.63, 3.8) is 0 Å². The minimum absolute atomic E-state index is 0.0408. The summed E-state index contributed by atoms with van der Waals surface area (Å²) in [6, 6.07) is 0. The molecule has 7 nitrogen and oxygen atoms in total. The molecule has 0 amide bonds. The van der Waals surface area contributed by atoms with Gasteiger partial charge in [0.1, 0.15) is 11.5 Å². The first kappa shape index (κ1) is 12.5. The molecule has 1 saturated heterocycles. The van der Waals surface area contributed by atoms with E-state index in [1.165, 1.54) is 4.68 Å². The third-order valence-corrected chi connectivity index (χ3v) is 3.32. The Balaban J connectivity index is 2.39. The fourth-order valence-corrected chi connectivity index (χ4v) is 2.41. The van der Waals surface area contributed by atoms with E-state index in [4.69, 9.17) is 0 Å². The monoisotopic (exact) mass is 252 g/mol. The van der Waals surface area contributed by atoms with Crippen molar-refractivity contribution in [2.75, 3.05) is 18.0 Å². The summed E-state index contributed by atoms with van der Waals surface area (Å²) in [6.07, 6.45) is 0.433. The number of aryl methyl sites for hydroxylation is 2. The van der Waals surface area contributed by atoms with Gasteiger partial charge in [-0.15, -0.1) is 0 Å². The maximum atomic E-state index is 11.5. The normalized spacial score (nSPS) is 20.3. The van der Waals surface area contributed by atoms with E-state index in [0.717, 1.165) is 0 Å². The Kier molecular flexibility index (Phi) is 3.06. The molecule has 1 atom stereocenters. The summed E-state index contributed by atoms with van der Waals surface area (Å²) in [4.78, 5) is 24.1. The van der Waals surface area contributed by atoms with Crippen molar-refractivity contribution < 1.29 is 9.72 Å². The van der Waals surface area contributed by atoms with Crippen LogP contribution in [0.15, 0.2) is 0 Å². The van der Waals surface area contributed by atoms with Crippen LogP contribution >= 0.6 is 0 Å². The van der Waals surface area contributed by atoms with Gasteiger partial charge in [-0.05, 0) is 6.92 Å². The van der Waals surface area contributed by atoms with Crippen molar-refractivity contribution in [3.8, 4) is 0 Å². The first-order valence-corrected chi connectivity index (χ1v) is 5.87. The molecule has 0 bridgehead atoms. The fraction of sp³-hybridized carbons (Fsp3) is 0.636. The fourth-order valence-electron chi connectivity index (χ4n) is 2.41. The van der Waals surface area contributed by atoms with Crippen LogP contribution in [0.5, 0.6) is 0 Å². The lowest BCUT2D eigenvalue weighted by molar-refractivity contribution is -0.384. The zero-order valence-corrected chi connectivity index (χ0v) is 10.7. The minimum atomic E-state index is -0.404. The highest BCUT2D eigenvalue weighted by molar-refractivity contribution is 5.83. The molecule has 0 N–H and O–H groups in total. The van der Waals surface area contributed by atoms with Crippen LogP contribution in [-0.2, 0) is 11.8 Å². The van der Waals surface area contributed by atoms with Crippen molar-refractivity contribution in [2.24, 2.45) is 13.0 Å². The molecule has 2 rings (SSSR count). The molecule has 0 aromatic carbocycles. The first-order chi connectivity index (χ1) is 8.41. The van der Waals surface area contributed by atoms with E-state index in [1.54, 1.807) is 14.0 Å². The summed E-state index contributed by atoms with van der Waals surface area (Å²) in [5.74, 6) is 0.623. The van der Waals surface area contributed by atoms with E-state index in [1.807, 2.05) is 11.8 Å². The van der Waals surface area contributed by atoms with Crippen molar-refractivity contribution in [3.05, 3.63) is 15.8 Å². The van der Waals surface area contributed by atoms with E-state index in [-0.39, 0.29) is 17.4 Å². The van der Waals surface area contributed by atoms with Crippen LogP contribution in [0.4, 0.5) is 11.5 Å². The Bertz CT molecular complexity index is 509. The van der Waals surface area contributed by atoms with Crippen molar-refractivity contribution >= 4 is 17.3 Å². The molecule has 1 unspecified atom stereocenters. The predicted molar refractivity (Wildman–Crippen MR) is 65.6 cm³/mol. The van der Waals surface area contributed by atoms with E-state index in [9.17, 15) is 14.9 Å². The Morgan fingerprint density at radius 2 is 2.17 bits per heavy atom. The number of nitrogens with zero attached hydrogens (tertiary/aromatic N) is 4. The van der Waals surface area contributed by atoms with Crippen LogP contribution in [0.3, 0.4) is 0 Å². The van der Waals surface area contributed by atoms with Gasteiger partial charge < -0.3 is 4.90 Å². The third-order valence-electron chi connectivity index (χ3n) is 3.32. The highest BCUT2D eigenvalue weighted by atomic mass is 16.6. The van der Waals surface area contributed by atoms with Crippen LogP contribution in [-0.4, -0.2) is 33.6 Å². The molecule has 1 aromatic heterocycles. The molecule has 0 spiro atoms. The predicted octanol–water partition coefficient (Wildman–Crippen LogP) is 1.05. The highest BCUT2D eigenvalue weighted by Crippen LogP contribution is 2.32. The van der Waals surface area contributed by atoms with Gasteiger partial charge in [-0.25, -0.2) is 4.68 Å². The van der Waals surface area contributed by atoms with Gasteiger partial charge in [-0.2, -0.15) is 5.10 Å². The topological polar surface area (TPSA) is 81.3 Å². The Hall–Kier alpha value is -1.92. The number of Topliss-reactive ketones (excluding diaryl/α,β-unsaturated/α-hetero) is 1. The number of hydrogen-bond acceptors (Lipinski definition) is 5. The number of aromatic nitrogens is 2. The van der Waals surface area contributed by atoms with Crippen LogP contribution in [0.25, 0.3) is 0 Å². The molecule has 2 heterocycles. The second-order valence-electron chi connectivity index (χ2n) is 4.70. The lowest BCUT2D eigenvalue weighted by Gasteiger charge is -2.30. The number of nitro groups is 1. The number of piperidine rings is 1. The minimum Gasteiger partial charge on any atom is -0.350 e. The summed E-state index contributed by atoms with van der Waals surface area (Å²) < 4.78 is 1.52. The molecule has 1 aliphatic rings. The van der Waals surface area contributed by atoms with E-state index < -0.39 is 4.92 Å². The average molecular weight is 252 g/mol. The van der Waals surface area contributed by atoms with Gasteiger partial charge in [0.2, 0.25) is 5.82 Å². The Labute approximate surface area is 105 Å². The largest absolute Gasteiger partial charge is 0.350 e. The summed E-state index contributed by atoms with van der Waals surface area (Å²) in [5.41, 5.74) is 0.445. The second-order valence-corrected chi connectivity index (χ2v) is 4.70. The summed E-state index contributed by atoms with van der Waals surface area (Å²) in [6.45, 7) is 4.51. The van der Waals surface area contributed by atoms with Gasteiger partial charge in [-0.1, -0.05) is 6.92 Å². The van der Waals surface area contributed by atoms with Gasteiger partial charge in [0, 0.05) is 32.5 Å². The van der Waals surface area contributed by atoms with Crippen LogP contribution in [0, 0.1) is 23.0 Å². The molecule has 0 aliphatic carbocycles. The molecule has 18 heavy (non-hydrogen) atoms. The zero-order valence-electron chi connectivity index (χ0n) is 10.7. The van der Waals surface area contributed by atoms with Gasteiger partial charge in [0.25, 0.3) is 0 Å². The van der Waals surface area contributed by atoms with Crippen LogP contribution in [0.1, 0.15) is 19.0 Å². The maximum Gasteiger partial charge on any atom is 0.333 e. The molecule has 98 valence electrons. The summed E-state index contributed by atoms with van der Waals surface area (Å²) >= 11 is 0. The number of rotatable bonds is 2. The van der Waals surface area contributed by atoms with Gasteiger partial charge >= 0.3 is 5.69 Å². The number of carbonyl (C=O) groups is 1. The van der Waals surface area contributed by atoms with Gasteiger partial charge in [-0.3, -0.25) is 14.9 Å². The molecule has 1 aliphatic heterocycles. The third kappa shape index (κ3) is 1.96. The number of ketones is 1. The van der Waals surface area contributed by atoms with Crippen LogP contribution < -0.4 is 4.90 Å². The SMILES string of the molecule is Cc1nn(C)c(N2CCC(=O)C(C)C2)c1[N+](=O)[O-]. The number of hydrogen-bond donors (Lipinski definition) is 0. The second kappa shape index (κ2) is 4.40. The molecular formula is C11H16N4O3. The van der Waals surface area contributed by atoms with E-state index in [0.29, 0.717) is 31.0 Å². The standard InChI is InChI=1S/C11H16N4O3/c1-7-6-14(5-4-9(7)16)11-10(15(17)18)8(2)12-13(11)3/h7H,4-6H2,1-3H3. The zero-order chi connectivity index (χ0) is 13.4.